The van der Waals surface area contributed by atoms with Gasteiger partial charge in [-0.3, -0.25) is 9.69 Å². The van der Waals surface area contributed by atoms with E-state index in [4.69, 9.17) is 9.47 Å². The number of aliphatic hydroxyl groups excluding tert-OH is 1. The number of hydrogen-bond donors (Lipinski definition) is 2. The Hall–Kier alpha value is -2.05. The number of rotatable bonds is 5. The molecule has 5 atom stereocenters. The molecule has 1 aromatic carbocycles. The van der Waals surface area contributed by atoms with Gasteiger partial charge in [-0.05, 0) is 68.2 Å². The summed E-state index contributed by atoms with van der Waals surface area (Å²) in [5.41, 5.74) is 2.63. The predicted molar refractivity (Wildman–Crippen MR) is 110 cm³/mol. The molecule has 2 N–H and O–H groups in total. The van der Waals surface area contributed by atoms with E-state index in [-0.39, 0.29) is 18.6 Å². The number of H-pyrrole nitrogens is 1. The summed E-state index contributed by atoms with van der Waals surface area (Å²) in [7, 11) is 1.68. The van der Waals surface area contributed by atoms with Gasteiger partial charge < -0.3 is 19.6 Å². The van der Waals surface area contributed by atoms with E-state index in [0.717, 1.165) is 61.1 Å². The second-order valence-corrected chi connectivity index (χ2v) is 8.85. The van der Waals surface area contributed by atoms with Gasteiger partial charge in [-0.25, -0.2) is 0 Å². The smallest absolute Gasteiger partial charge is 0.319 e. The first-order valence-corrected chi connectivity index (χ1v) is 10.8. The number of hydrogen-bond acceptors (Lipinski definition) is 5. The Kier molecular flexibility index (Phi) is 4.59. The van der Waals surface area contributed by atoms with Crippen molar-refractivity contribution in [2.45, 2.75) is 44.1 Å². The highest BCUT2D eigenvalue weighted by molar-refractivity contribution is 5.92. The fraction of sp³-hybridized carbons (Fsp3) is 0.609. The van der Waals surface area contributed by atoms with Crippen molar-refractivity contribution in [1.29, 1.82) is 0 Å². The van der Waals surface area contributed by atoms with Gasteiger partial charge in [0.2, 0.25) is 0 Å². The fourth-order valence-corrected chi connectivity index (χ4v) is 6.55. The molecule has 2 saturated heterocycles. The first kappa shape index (κ1) is 18.9. The first-order valence-electron chi connectivity index (χ1n) is 10.8. The number of aromatic nitrogens is 1. The molecule has 1 aliphatic carbocycles. The molecule has 6 nitrogen and oxygen atoms in total. The van der Waals surface area contributed by atoms with Crippen molar-refractivity contribution in [3.8, 4) is 5.75 Å². The number of aromatic amines is 1. The lowest BCUT2D eigenvalue weighted by Crippen LogP contribution is -2.67. The van der Waals surface area contributed by atoms with E-state index in [1.807, 2.05) is 19.1 Å². The van der Waals surface area contributed by atoms with Crippen LogP contribution in [-0.2, 0) is 21.4 Å². The van der Waals surface area contributed by atoms with Gasteiger partial charge in [-0.15, -0.1) is 0 Å². The van der Waals surface area contributed by atoms with Crippen LogP contribution in [0.5, 0.6) is 5.75 Å². The fourth-order valence-electron chi connectivity index (χ4n) is 6.55. The Morgan fingerprint density at radius 2 is 2.28 bits per heavy atom. The third-order valence-electron chi connectivity index (χ3n) is 7.43. The van der Waals surface area contributed by atoms with Crippen LogP contribution in [0.15, 0.2) is 18.2 Å². The third-order valence-corrected chi connectivity index (χ3v) is 7.43. The van der Waals surface area contributed by atoms with Crippen LogP contribution in [0.2, 0.25) is 0 Å². The van der Waals surface area contributed by atoms with E-state index in [9.17, 15) is 9.90 Å². The maximum absolute atomic E-state index is 13.6. The summed E-state index contributed by atoms with van der Waals surface area (Å²) in [6.07, 6.45) is 3.55. The number of nitrogens with zero attached hydrogens (tertiary/aromatic N) is 1. The molecule has 1 aromatic heterocycles. The lowest BCUT2D eigenvalue weighted by atomic mass is 9.56. The summed E-state index contributed by atoms with van der Waals surface area (Å²) in [6, 6.07) is 6.17. The molecule has 1 saturated carbocycles. The third kappa shape index (κ3) is 2.65. The van der Waals surface area contributed by atoms with Crippen LogP contribution in [0.1, 0.15) is 37.4 Å². The summed E-state index contributed by atoms with van der Waals surface area (Å²) < 4.78 is 11.2. The van der Waals surface area contributed by atoms with E-state index in [1.165, 1.54) is 5.56 Å². The first-order chi connectivity index (χ1) is 14.1. The van der Waals surface area contributed by atoms with Crippen LogP contribution in [0.25, 0.3) is 10.9 Å². The minimum Gasteiger partial charge on any atom is -0.497 e. The maximum atomic E-state index is 13.6. The molecule has 1 unspecified atom stereocenters. The number of esters is 1. The van der Waals surface area contributed by atoms with Gasteiger partial charge in [0.15, 0.2) is 0 Å². The number of carbonyl (C=O) groups is 1. The molecule has 4 aliphatic rings. The number of piperidine rings is 2. The number of carbonyl (C=O) groups excluding carboxylic acids is 1. The summed E-state index contributed by atoms with van der Waals surface area (Å²) in [4.78, 5) is 19.8. The summed E-state index contributed by atoms with van der Waals surface area (Å²) in [6.45, 7) is 4.40. The normalized spacial score (nSPS) is 32.7. The standard InChI is InChI=1S/C23H30N2O4/c1-3-29-22(27)23-12-14-10-15(7-9-26)21(23)25(13-14)8-6-17-18-11-16(28-2)4-5-19(18)24-20(17)23/h4-5,11,14-15,21,24,26H,3,6-10,12-13H2,1-2H3/t14-,15+,21+,23-/m1/s1. The highest BCUT2D eigenvalue weighted by Crippen LogP contribution is 2.55. The molecule has 156 valence electrons. The monoisotopic (exact) mass is 398 g/mol. The molecule has 6 heteroatoms. The van der Waals surface area contributed by atoms with E-state index < -0.39 is 5.41 Å². The quantitative estimate of drug-likeness (QED) is 0.758. The number of ether oxygens (including phenoxy) is 2. The van der Waals surface area contributed by atoms with Crippen LogP contribution in [0.3, 0.4) is 0 Å². The van der Waals surface area contributed by atoms with E-state index in [1.54, 1.807) is 7.11 Å². The molecule has 0 spiro atoms. The van der Waals surface area contributed by atoms with Crippen molar-refractivity contribution in [1.82, 2.24) is 9.88 Å². The summed E-state index contributed by atoms with van der Waals surface area (Å²) in [5, 5.41) is 10.9. The zero-order chi connectivity index (χ0) is 20.2. The van der Waals surface area contributed by atoms with Gasteiger partial charge in [0.1, 0.15) is 11.2 Å². The van der Waals surface area contributed by atoms with Crippen molar-refractivity contribution in [3.63, 3.8) is 0 Å². The van der Waals surface area contributed by atoms with Crippen molar-refractivity contribution in [3.05, 3.63) is 29.5 Å². The molecule has 3 aliphatic heterocycles. The molecule has 0 amide bonds. The second-order valence-electron chi connectivity index (χ2n) is 8.85. The zero-order valence-corrected chi connectivity index (χ0v) is 17.2. The molecular weight excluding hydrogens is 368 g/mol. The number of aliphatic hydroxyl groups is 1. The Morgan fingerprint density at radius 1 is 1.41 bits per heavy atom. The average Bonchev–Trinajstić information content (AvgIpc) is 3.06. The van der Waals surface area contributed by atoms with Crippen LogP contribution in [-0.4, -0.2) is 60.4 Å². The number of fused-ring (bicyclic) bond motifs is 4. The number of methoxy groups -OCH3 is 1. The molecule has 0 radical (unpaired) electrons. The summed E-state index contributed by atoms with van der Waals surface area (Å²) in [5.74, 6) is 1.48. The minimum absolute atomic E-state index is 0.0786. The molecule has 29 heavy (non-hydrogen) atoms. The lowest BCUT2D eigenvalue weighted by Gasteiger charge is -2.58. The number of nitrogens with one attached hydrogen (secondary N) is 1. The van der Waals surface area contributed by atoms with Gasteiger partial charge in [0.25, 0.3) is 0 Å². The largest absolute Gasteiger partial charge is 0.497 e. The number of benzene rings is 1. The SMILES string of the molecule is CCOC(=O)[C@@]12C[C@H]3C[C@H](CCO)[C@@H]1N(CCc1c2[nH]c2ccc(OC)cc12)C3. The van der Waals surface area contributed by atoms with Crippen LogP contribution < -0.4 is 4.74 Å². The van der Waals surface area contributed by atoms with E-state index in [2.05, 4.69) is 16.0 Å². The Bertz CT molecular complexity index is 938. The van der Waals surface area contributed by atoms with Crippen molar-refractivity contribution < 1.29 is 19.4 Å². The van der Waals surface area contributed by atoms with Crippen LogP contribution >= 0.6 is 0 Å². The molecule has 3 fully saturated rings. The van der Waals surface area contributed by atoms with Crippen molar-refractivity contribution >= 4 is 16.9 Å². The average molecular weight is 399 g/mol. The van der Waals surface area contributed by atoms with Gasteiger partial charge in [0.05, 0.1) is 13.7 Å². The molecule has 4 bridgehead atoms. The zero-order valence-electron chi connectivity index (χ0n) is 17.2. The highest BCUT2D eigenvalue weighted by atomic mass is 16.5. The van der Waals surface area contributed by atoms with Crippen molar-refractivity contribution in [2.24, 2.45) is 11.8 Å². The maximum Gasteiger partial charge on any atom is 0.319 e. The Balaban J connectivity index is 1.74. The second kappa shape index (κ2) is 7.03. The predicted octanol–water partition coefficient (Wildman–Crippen LogP) is 2.63. The highest BCUT2D eigenvalue weighted by Gasteiger charge is 2.63. The van der Waals surface area contributed by atoms with Crippen molar-refractivity contribution in [2.75, 3.05) is 33.4 Å². The van der Waals surface area contributed by atoms with Crippen LogP contribution in [0, 0.1) is 11.8 Å². The molecule has 6 rings (SSSR count). The topological polar surface area (TPSA) is 74.8 Å². The Labute approximate surface area is 171 Å². The lowest BCUT2D eigenvalue weighted by molar-refractivity contribution is -0.165. The summed E-state index contributed by atoms with van der Waals surface area (Å²) >= 11 is 0. The molecule has 2 aromatic rings. The van der Waals surface area contributed by atoms with E-state index >= 15 is 0 Å². The molecular formula is C23H30N2O4. The minimum atomic E-state index is -0.685. The molecule has 4 heterocycles. The van der Waals surface area contributed by atoms with Gasteiger partial charge in [-0.2, -0.15) is 0 Å². The van der Waals surface area contributed by atoms with Crippen LogP contribution in [0.4, 0.5) is 0 Å². The van der Waals surface area contributed by atoms with Gasteiger partial charge in [-0.1, -0.05) is 0 Å². The van der Waals surface area contributed by atoms with E-state index in [0.29, 0.717) is 18.4 Å². The van der Waals surface area contributed by atoms with Gasteiger partial charge >= 0.3 is 5.97 Å². The van der Waals surface area contributed by atoms with Gasteiger partial charge in [0, 0.05) is 42.3 Å². The Morgan fingerprint density at radius 3 is 3.03 bits per heavy atom.